The van der Waals surface area contributed by atoms with Crippen molar-refractivity contribution >= 4 is 11.7 Å². The topological polar surface area (TPSA) is 45.2 Å². The third-order valence-electron chi connectivity index (χ3n) is 5.25. The normalized spacial score (nSPS) is 16.4. The maximum atomic E-state index is 13.1. The third-order valence-corrected chi connectivity index (χ3v) is 5.25. The molecule has 1 saturated heterocycles. The molecule has 8 heteroatoms. The van der Waals surface area contributed by atoms with Crippen molar-refractivity contribution in [1.82, 2.24) is 10.3 Å². The SMILES string of the molecule is O=C(NC1CCN(c2ccc(C(F)(F)F)cn2)C1)c1ccc(-c2ccc(F)cc2)cc1. The summed E-state index contributed by atoms with van der Waals surface area (Å²) >= 11 is 0. The summed E-state index contributed by atoms with van der Waals surface area (Å²) in [7, 11) is 0. The highest BCUT2D eigenvalue weighted by Gasteiger charge is 2.31. The van der Waals surface area contributed by atoms with Gasteiger partial charge in [0.2, 0.25) is 0 Å². The lowest BCUT2D eigenvalue weighted by molar-refractivity contribution is -0.137. The fourth-order valence-electron chi connectivity index (χ4n) is 3.55. The van der Waals surface area contributed by atoms with Gasteiger partial charge in [-0.1, -0.05) is 24.3 Å². The molecule has 0 aliphatic carbocycles. The number of anilines is 1. The van der Waals surface area contributed by atoms with Crippen molar-refractivity contribution in [3.05, 3.63) is 83.8 Å². The average Bonchev–Trinajstić information content (AvgIpc) is 3.22. The number of amides is 1. The Labute approximate surface area is 176 Å². The van der Waals surface area contributed by atoms with Gasteiger partial charge in [-0.25, -0.2) is 9.37 Å². The molecule has 4 nitrogen and oxygen atoms in total. The monoisotopic (exact) mass is 429 g/mol. The first-order chi connectivity index (χ1) is 14.8. The van der Waals surface area contributed by atoms with Crippen LogP contribution in [0.15, 0.2) is 66.9 Å². The van der Waals surface area contributed by atoms with Crippen LogP contribution in [0.5, 0.6) is 0 Å². The van der Waals surface area contributed by atoms with Gasteiger partial charge < -0.3 is 10.2 Å². The van der Waals surface area contributed by atoms with Crippen LogP contribution < -0.4 is 10.2 Å². The van der Waals surface area contributed by atoms with Crippen molar-refractivity contribution in [1.29, 1.82) is 0 Å². The van der Waals surface area contributed by atoms with Gasteiger partial charge in [0.1, 0.15) is 11.6 Å². The fourth-order valence-corrected chi connectivity index (χ4v) is 3.55. The van der Waals surface area contributed by atoms with E-state index in [4.69, 9.17) is 0 Å². The summed E-state index contributed by atoms with van der Waals surface area (Å²) < 4.78 is 51.1. The second-order valence-corrected chi connectivity index (χ2v) is 7.39. The molecule has 1 aromatic heterocycles. The van der Waals surface area contributed by atoms with Crippen molar-refractivity contribution in [2.75, 3.05) is 18.0 Å². The molecular formula is C23H19F4N3O. The number of rotatable bonds is 4. The first kappa shape index (κ1) is 20.8. The molecule has 0 spiro atoms. The summed E-state index contributed by atoms with van der Waals surface area (Å²) in [5.41, 5.74) is 1.43. The molecule has 31 heavy (non-hydrogen) atoms. The Hall–Kier alpha value is -3.42. The molecule has 1 aliphatic rings. The molecule has 1 N–H and O–H groups in total. The molecule has 2 aromatic carbocycles. The fraction of sp³-hybridized carbons (Fsp3) is 0.217. The number of hydrogen-bond donors (Lipinski definition) is 1. The molecule has 0 radical (unpaired) electrons. The largest absolute Gasteiger partial charge is 0.417 e. The first-order valence-electron chi connectivity index (χ1n) is 9.75. The summed E-state index contributed by atoms with van der Waals surface area (Å²) in [6.45, 7) is 1.06. The Morgan fingerprint density at radius 3 is 2.19 bits per heavy atom. The van der Waals surface area contributed by atoms with Crippen LogP contribution in [0.4, 0.5) is 23.4 Å². The van der Waals surface area contributed by atoms with Crippen molar-refractivity contribution < 1.29 is 22.4 Å². The van der Waals surface area contributed by atoms with Gasteiger partial charge in [-0.05, 0) is 53.9 Å². The van der Waals surface area contributed by atoms with Crippen LogP contribution >= 0.6 is 0 Å². The maximum Gasteiger partial charge on any atom is 0.417 e. The summed E-state index contributed by atoms with van der Waals surface area (Å²) in [6.07, 6.45) is -2.93. The van der Waals surface area contributed by atoms with Gasteiger partial charge >= 0.3 is 6.18 Å². The zero-order valence-electron chi connectivity index (χ0n) is 16.4. The molecule has 1 unspecified atom stereocenters. The van der Waals surface area contributed by atoms with Crippen LogP contribution in [0.1, 0.15) is 22.3 Å². The van der Waals surface area contributed by atoms with Crippen LogP contribution in [0.2, 0.25) is 0 Å². The van der Waals surface area contributed by atoms with Crippen LogP contribution in [-0.4, -0.2) is 30.0 Å². The van der Waals surface area contributed by atoms with Gasteiger partial charge in [-0.15, -0.1) is 0 Å². The van der Waals surface area contributed by atoms with E-state index in [1.54, 1.807) is 36.4 Å². The van der Waals surface area contributed by atoms with Crippen LogP contribution in [0.25, 0.3) is 11.1 Å². The average molecular weight is 429 g/mol. The zero-order valence-corrected chi connectivity index (χ0v) is 16.4. The number of nitrogens with zero attached hydrogens (tertiary/aromatic N) is 2. The summed E-state index contributed by atoms with van der Waals surface area (Å²) in [5.74, 6) is -0.0804. The van der Waals surface area contributed by atoms with E-state index in [-0.39, 0.29) is 17.8 Å². The van der Waals surface area contributed by atoms with Gasteiger partial charge in [-0.3, -0.25) is 4.79 Å². The van der Waals surface area contributed by atoms with Crippen molar-refractivity contribution in [2.45, 2.75) is 18.6 Å². The maximum absolute atomic E-state index is 13.1. The second kappa shape index (κ2) is 8.37. The quantitative estimate of drug-likeness (QED) is 0.599. The Bertz CT molecular complexity index is 1050. The molecule has 4 rings (SSSR count). The van der Waals surface area contributed by atoms with Gasteiger partial charge in [0.05, 0.1) is 5.56 Å². The van der Waals surface area contributed by atoms with E-state index in [9.17, 15) is 22.4 Å². The second-order valence-electron chi connectivity index (χ2n) is 7.39. The number of carbonyl (C=O) groups excluding carboxylic acids is 1. The molecule has 1 amide bonds. The number of aromatic nitrogens is 1. The van der Waals surface area contributed by atoms with Crippen LogP contribution in [0, 0.1) is 5.82 Å². The van der Waals surface area contributed by atoms with Crippen LogP contribution in [0.3, 0.4) is 0 Å². The molecule has 0 bridgehead atoms. The van der Waals surface area contributed by atoms with Gasteiger partial charge in [0.15, 0.2) is 0 Å². The predicted octanol–water partition coefficient (Wildman–Crippen LogP) is 4.92. The number of benzene rings is 2. The minimum atomic E-state index is -4.42. The number of alkyl halides is 3. The highest BCUT2D eigenvalue weighted by Crippen LogP contribution is 2.30. The number of halogens is 4. The van der Waals surface area contributed by atoms with Crippen molar-refractivity contribution in [3.8, 4) is 11.1 Å². The third kappa shape index (κ3) is 4.84. The first-order valence-corrected chi connectivity index (χ1v) is 9.75. The van der Waals surface area contributed by atoms with Crippen molar-refractivity contribution in [2.24, 2.45) is 0 Å². The van der Waals surface area contributed by atoms with E-state index in [1.165, 1.54) is 18.2 Å². The molecule has 1 atom stereocenters. The number of hydrogen-bond acceptors (Lipinski definition) is 3. The smallest absolute Gasteiger partial charge is 0.354 e. The molecule has 3 aromatic rings. The predicted molar refractivity (Wildman–Crippen MR) is 109 cm³/mol. The number of carbonyl (C=O) groups is 1. The Morgan fingerprint density at radius 1 is 0.968 bits per heavy atom. The Balaban J connectivity index is 1.35. The minimum Gasteiger partial charge on any atom is -0.354 e. The summed E-state index contributed by atoms with van der Waals surface area (Å²) in [5, 5.41) is 2.96. The highest BCUT2D eigenvalue weighted by molar-refractivity contribution is 5.95. The van der Waals surface area contributed by atoms with E-state index in [0.29, 0.717) is 30.9 Å². The highest BCUT2D eigenvalue weighted by atomic mass is 19.4. The van der Waals surface area contributed by atoms with E-state index < -0.39 is 11.7 Å². The van der Waals surface area contributed by atoms with E-state index in [1.807, 2.05) is 4.90 Å². The molecular weight excluding hydrogens is 410 g/mol. The van der Waals surface area contributed by atoms with Crippen molar-refractivity contribution in [3.63, 3.8) is 0 Å². The summed E-state index contributed by atoms with van der Waals surface area (Å²) in [6, 6.07) is 15.4. The van der Waals surface area contributed by atoms with E-state index in [2.05, 4.69) is 10.3 Å². The molecule has 1 fully saturated rings. The lowest BCUT2D eigenvalue weighted by Crippen LogP contribution is -2.37. The number of pyridine rings is 1. The van der Waals surface area contributed by atoms with E-state index in [0.717, 1.165) is 23.4 Å². The number of nitrogens with one attached hydrogen (secondary N) is 1. The minimum absolute atomic E-state index is 0.131. The Kier molecular flexibility index (Phi) is 5.63. The lowest BCUT2D eigenvalue weighted by Gasteiger charge is -2.18. The van der Waals surface area contributed by atoms with Gasteiger partial charge in [-0.2, -0.15) is 13.2 Å². The van der Waals surface area contributed by atoms with Gasteiger partial charge in [0.25, 0.3) is 5.91 Å². The Morgan fingerprint density at radius 2 is 1.61 bits per heavy atom. The molecule has 1 aliphatic heterocycles. The zero-order chi connectivity index (χ0) is 22.0. The van der Waals surface area contributed by atoms with Gasteiger partial charge in [0, 0.05) is 30.9 Å². The summed E-state index contributed by atoms with van der Waals surface area (Å²) in [4.78, 5) is 18.3. The molecule has 2 heterocycles. The molecule has 0 saturated carbocycles. The lowest BCUT2D eigenvalue weighted by atomic mass is 10.0. The van der Waals surface area contributed by atoms with Crippen LogP contribution in [-0.2, 0) is 6.18 Å². The van der Waals surface area contributed by atoms with E-state index >= 15 is 0 Å². The molecule has 160 valence electrons. The standard InChI is InChI=1S/C23H19F4N3O/c24-19-8-5-16(6-9-19)15-1-3-17(4-2-15)22(31)29-20-11-12-30(14-20)21-10-7-18(13-28-21)23(25,26)27/h1-10,13,20H,11-12,14H2,(H,29,31).